The topological polar surface area (TPSA) is 65.1 Å². The van der Waals surface area contributed by atoms with Gasteiger partial charge >= 0.3 is 0 Å². The molecule has 31 heavy (non-hydrogen) atoms. The first-order chi connectivity index (χ1) is 15.1. The van der Waals surface area contributed by atoms with Gasteiger partial charge in [0.25, 0.3) is 0 Å². The number of fused-ring (bicyclic) bond motifs is 3. The Morgan fingerprint density at radius 1 is 0.968 bits per heavy atom. The zero-order chi connectivity index (χ0) is 21.1. The molecule has 154 valence electrons. The first-order valence-corrected chi connectivity index (χ1v) is 10.9. The number of imidazole rings is 1. The van der Waals surface area contributed by atoms with Crippen molar-refractivity contribution < 1.29 is 14.0 Å². The van der Waals surface area contributed by atoms with Crippen LogP contribution in [-0.2, 0) is 7.05 Å². The molecule has 0 amide bonds. The van der Waals surface area contributed by atoms with E-state index in [4.69, 9.17) is 9.40 Å². The van der Waals surface area contributed by atoms with Crippen LogP contribution in [0.4, 0.5) is 0 Å². The maximum Gasteiger partial charge on any atom is 0.245 e. The fraction of sp³-hybridized carbons (Fsp3) is 0.269. The molecule has 0 radical (unpaired) electrons. The minimum Gasteiger partial charge on any atom is -0.437 e. The third-order valence-electron chi connectivity index (χ3n) is 6.76. The van der Waals surface area contributed by atoms with Crippen LogP contribution in [0, 0.1) is 0 Å². The second kappa shape index (κ2) is 6.77. The highest BCUT2D eigenvalue weighted by molar-refractivity contribution is 6.42. The Morgan fingerprint density at radius 3 is 2.23 bits per heavy atom. The second-order valence-electron chi connectivity index (χ2n) is 8.66. The summed E-state index contributed by atoms with van der Waals surface area (Å²) in [6, 6.07) is 13.2. The third-order valence-corrected chi connectivity index (χ3v) is 6.76. The zero-order valence-corrected chi connectivity index (χ0v) is 17.4. The number of aromatic nitrogens is 2. The van der Waals surface area contributed by atoms with Gasteiger partial charge in [-0.05, 0) is 41.8 Å². The summed E-state index contributed by atoms with van der Waals surface area (Å²) in [5, 5.41) is 1.90. The lowest BCUT2D eigenvalue weighted by atomic mass is 9.89. The molecule has 0 bridgehead atoms. The largest absolute Gasteiger partial charge is 0.437 e. The van der Waals surface area contributed by atoms with Crippen molar-refractivity contribution in [2.24, 2.45) is 7.05 Å². The first-order valence-electron chi connectivity index (χ1n) is 10.9. The smallest absolute Gasteiger partial charge is 0.245 e. The normalized spacial score (nSPS) is 17.1. The Hall–Kier alpha value is -3.47. The highest BCUT2D eigenvalue weighted by Crippen LogP contribution is 2.35. The van der Waals surface area contributed by atoms with Crippen LogP contribution in [0.3, 0.4) is 0 Å². The summed E-state index contributed by atoms with van der Waals surface area (Å²) in [7, 11) is 2.01. The van der Waals surface area contributed by atoms with Gasteiger partial charge in [-0.3, -0.25) is 9.59 Å². The molecule has 0 saturated heterocycles. The predicted molar refractivity (Wildman–Crippen MR) is 119 cm³/mol. The number of carbonyl (C=O) groups excluding carboxylic acids is 2. The number of hydrogen-bond acceptors (Lipinski definition) is 4. The monoisotopic (exact) mass is 410 g/mol. The molecule has 2 aromatic carbocycles. The molecule has 0 N–H and O–H groups in total. The second-order valence-corrected chi connectivity index (χ2v) is 8.66. The quantitative estimate of drug-likeness (QED) is 0.308. The summed E-state index contributed by atoms with van der Waals surface area (Å²) in [6.45, 7) is 0. The van der Waals surface area contributed by atoms with Gasteiger partial charge in [0.05, 0.1) is 5.57 Å². The van der Waals surface area contributed by atoms with Crippen LogP contribution in [0.25, 0.3) is 28.1 Å². The van der Waals surface area contributed by atoms with Gasteiger partial charge in [-0.15, -0.1) is 0 Å². The summed E-state index contributed by atoms with van der Waals surface area (Å²) in [5.74, 6) is 1.53. The lowest BCUT2D eigenvalue weighted by Gasteiger charge is -2.20. The van der Waals surface area contributed by atoms with Crippen molar-refractivity contribution in [3.05, 3.63) is 70.7 Å². The van der Waals surface area contributed by atoms with Crippen LogP contribution in [0.2, 0.25) is 0 Å². The Bertz CT molecular complexity index is 1360. The Balaban J connectivity index is 1.38. The number of allylic oxidation sites excluding steroid dienone is 1. The lowest BCUT2D eigenvalue weighted by Crippen LogP contribution is -2.10. The van der Waals surface area contributed by atoms with Crippen molar-refractivity contribution in [3.63, 3.8) is 0 Å². The molecule has 4 aromatic rings. The van der Waals surface area contributed by atoms with Gasteiger partial charge in [0.15, 0.2) is 11.6 Å². The average molecular weight is 410 g/mol. The summed E-state index contributed by atoms with van der Waals surface area (Å²) < 4.78 is 8.04. The van der Waals surface area contributed by atoms with Crippen molar-refractivity contribution in [2.45, 2.75) is 38.0 Å². The molecule has 6 rings (SSSR count). The Kier molecular flexibility index (Phi) is 4.00. The molecule has 2 heterocycles. The molecular weight excluding hydrogens is 388 g/mol. The molecular formula is C26H22N2O3. The molecule has 0 aliphatic heterocycles. The van der Waals surface area contributed by atoms with E-state index in [0.29, 0.717) is 28.5 Å². The summed E-state index contributed by atoms with van der Waals surface area (Å²) in [6.07, 6.45) is 7.69. The van der Waals surface area contributed by atoms with Crippen molar-refractivity contribution in [3.8, 4) is 0 Å². The number of Topliss-reactive ketones (excluding diaryl/α,β-unsaturated/α-hetero) is 2. The lowest BCUT2D eigenvalue weighted by molar-refractivity contribution is 0.0990. The van der Waals surface area contributed by atoms with E-state index in [9.17, 15) is 9.59 Å². The molecule has 2 aliphatic carbocycles. The van der Waals surface area contributed by atoms with Crippen LogP contribution in [-0.4, -0.2) is 21.1 Å². The van der Waals surface area contributed by atoms with Gasteiger partial charge in [-0.1, -0.05) is 43.5 Å². The molecule has 2 aliphatic rings. The van der Waals surface area contributed by atoms with Crippen molar-refractivity contribution in [1.82, 2.24) is 9.55 Å². The van der Waals surface area contributed by atoms with Crippen LogP contribution in [0.5, 0.6) is 0 Å². The SMILES string of the molecule is Cn1c(C2CCCCC2)nc2oc(C=C3C(=O)c4cc5ccccc5cc4C3=O)cc21. The third kappa shape index (κ3) is 2.80. The maximum atomic E-state index is 13.0. The van der Waals surface area contributed by atoms with E-state index in [2.05, 4.69) is 4.57 Å². The molecule has 0 atom stereocenters. The molecule has 0 spiro atoms. The van der Waals surface area contributed by atoms with Crippen LogP contribution < -0.4 is 0 Å². The van der Waals surface area contributed by atoms with Crippen LogP contribution >= 0.6 is 0 Å². The van der Waals surface area contributed by atoms with E-state index in [1.54, 1.807) is 6.08 Å². The highest BCUT2D eigenvalue weighted by Gasteiger charge is 2.34. The van der Waals surface area contributed by atoms with Crippen molar-refractivity contribution in [1.29, 1.82) is 0 Å². The Labute approximate surface area is 179 Å². The van der Waals surface area contributed by atoms with Gasteiger partial charge in [0.1, 0.15) is 17.1 Å². The summed E-state index contributed by atoms with van der Waals surface area (Å²) >= 11 is 0. The van der Waals surface area contributed by atoms with E-state index in [1.807, 2.05) is 49.5 Å². The number of furan rings is 1. The minimum absolute atomic E-state index is 0.150. The van der Waals surface area contributed by atoms with Gasteiger partial charge in [0, 0.05) is 30.2 Å². The highest BCUT2D eigenvalue weighted by atomic mass is 16.3. The van der Waals surface area contributed by atoms with Crippen molar-refractivity contribution >= 4 is 39.6 Å². The van der Waals surface area contributed by atoms with Crippen molar-refractivity contribution in [2.75, 3.05) is 0 Å². The van der Waals surface area contributed by atoms with Gasteiger partial charge in [-0.2, -0.15) is 4.98 Å². The molecule has 1 fully saturated rings. The molecule has 1 saturated carbocycles. The fourth-order valence-corrected chi connectivity index (χ4v) is 5.09. The first kappa shape index (κ1) is 18.3. The van der Waals surface area contributed by atoms with Crippen LogP contribution in [0.1, 0.15) is 70.3 Å². The number of rotatable bonds is 2. The van der Waals surface area contributed by atoms with Gasteiger partial charge in [0.2, 0.25) is 5.71 Å². The van der Waals surface area contributed by atoms with Crippen LogP contribution in [0.15, 0.2) is 52.5 Å². The average Bonchev–Trinajstić information content (AvgIpc) is 3.41. The molecule has 0 unspecified atom stereocenters. The number of ketones is 2. The minimum atomic E-state index is -0.248. The standard InChI is InChI=1S/C26H22N2O3/c1-28-22-14-18(31-26(22)27-25(28)15-7-3-2-4-8-15)13-21-23(29)19-11-16-9-5-6-10-17(16)12-20(19)24(21)30/h5-6,9-15H,2-4,7-8H2,1H3. The molecule has 5 nitrogen and oxygen atoms in total. The van der Waals surface area contributed by atoms with Gasteiger partial charge < -0.3 is 8.98 Å². The summed E-state index contributed by atoms with van der Waals surface area (Å²) in [5.41, 5.74) is 2.54. The fourth-order valence-electron chi connectivity index (χ4n) is 5.09. The van der Waals surface area contributed by atoms with E-state index >= 15 is 0 Å². The zero-order valence-electron chi connectivity index (χ0n) is 17.4. The number of nitrogens with zero attached hydrogens (tertiary/aromatic N) is 2. The number of hydrogen-bond donors (Lipinski definition) is 0. The molecule has 2 aromatic heterocycles. The summed E-state index contributed by atoms with van der Waals surface area (Å²) in [4.78, 5) is 30.7. The number of benzene rings is 2. The molecule has 5 heteroatoms. The number of carbonyl (C=O) groups is 2. The number of aryl methyl sites for hydroxylation is 1. The van der Waals surface area contributed by atoms with E-state index in [-0.39, 0.29) is 17.1 Å². The predicted octanol–water partition coefficient (Wildman–Crippen LogP) is 5.83. The van der Waals surface area contributed by atoms with Gasteiger partial charge in [-0.25, -0.2) is 0 Å². The Morgan fingerprint density at radius 2 is 1.61 bits per heavy atom. The van der Waals surface area contributed by atoms with E-state index in [1.165, 1.54) is 32.1 Å². The van der Waals surface area contributed by atoms with E-state index in [0.717, 1.165) is 22.1 Å². The maximum absolute atomic E-state index is 13.0. The van der Waals surface area contributed by atoms with E-state index < -0.39 is 0 Å².